The Morgan fingerprint density at radius 1 is 1.13 bits per heavy atom. The molecule has 1 aliphatic carbocycles. The van der Waals surface area contributed by atoms with Crippen molar-refractivity contribution in [3.8, 4) is 17.2 Å². The quantitative estimate of drug-likeness (QED) is 0.280. The van der Waals surface area contributed by atoms with E-state index in [4.69, 9.17) is 15.2 Å². The molecule has 0 fully saturated rings. The number of hydrogen-bond acceptors (Lipinski definition) is 8. The van der Waals surface area contributed by atoms with Gasteiger partial charge in [-0.25, -0.2) is 0 Å². The lowest BCUT2D eigenvalue weighted by atomic mass is 9.87. The van der Waals surface area contributed by atoms with Gasteiger partial charge in [0.05, 0.1) is 17.8 Å². The molecular weight excluding hydrogens is 404 g/mol. The van der Waals surface area contributed by atoms with E-state index in [-0.39, 0.29) is 36.8 Å². The Kier molecular flexibility index (Phi) is 7.69. The molecule has 2 aromatic rings. The first-order chi connectivity index (χ1) is 14.8. The molecule has 3 atom stereocenters. The Hall–Kier alpha value is -2.85. The Morgan fingerprint density at radius 3 is 2.68 bits per heavy atom. The van der Waals surface area contributed by atoms with E-state index in [0.29, 0.717) is 25.1 Å². The molecule has 0 aliphatic heterocycles. The maximum Gasteiger partial charge on any atom is 0.252 e. The second kappa shape index (κ2) is 10.5. The molecule has 0 radical (unpaired) electrons. The van der Waals surface area contributed by atoms with E-state index in [1.807, 2.05) is 12.1 Å². The lowest BCUT2D eigenvalue weighted by molar-refractivity contribution is 0.0132. The van der Waals surface area contributed by atoms with Crippen molar-refractivity contribution in [2.24, 2.45) is 5.73 Å². The lowest BCUT2D eigenvalue weighted by Gasteiger charge is -2.27. The highest BCUT2D eigenvalue weighted by molar-refractivity contribution is 5.96. The van der Waals surface area contributed by atoms with E-state index in [0.717, 1.165) is 11.1 Å². The summed E-state index contributed by atoms with van der Waals surface area (Å²) in [4.78, 5) is 11.4. The van der Waals surface area contributed by atoms with Crippen molar-refractivity contribution in [1.82, 2.24) is 5.32 Å². The summed E-state index contributed by atoms with van der Waals surface area (Å²) in [6, 6.07) is 9.61. The summed E-state index contributed by atoms with van der Waals surface area (Å²) in [5.74, 6) is 0.0959. The fourth-order valence-corrected chi connectivity index (χ4v) is 3.46. The Labute approximate surface area is 180 Å². The van der Waals surface area contributed by atoms with Crippen molar-refractivity contribution in [2.45, 2.75) is 31.2 Å². The lowest BCUT2D eigenvalue weighted by Crippen LogP contribution is -2.35. The normalized spacial score (nSPS) is 18.8. The van der Waals surface area contributed by atoms with Gasteiger partial charge in [0.15, 0.2) is 0 Å². The van der Waals surface area contributed by atoms with Gasteiger partial charge in [-0.15, -0.1) is 0 Å². The van der Waals surface area contributed by atoms with Gasteiger partial charge in [0.1, 0.15) is 36.6 Å². The number of hydrogen-bond donors (Lipinski definition) is 6. The molecule has 1 aliphatic rings. The second-order valence-electron chi connectivity index (χ2n) is 7.50. The van der Waals surface area contributed by atoms with Gasteiger partial charge in [0, 0.05) is 31.5 Å². The molecular formula is C22H28N2O7. The topological polar surface area (TPSA) is 154 Å². The number of aromatic hydroxyl groups is 1. The Balaban J connectivity index is 1.41. The first-order valence-corrected chi connectivity index (χ1v) is 10.1. The van der Waals surface area contributed by atoms with Crippen LogP contribution in [0.15, 0.2) is 36.4 Å². The van der Waals surface area contributed by atoms with Crippen LogP contribution in [0.4, 0.5) is 0 Å². The number of nitrogens with two attached hydrogens (primary N) is 1. The molecule has 0 heterocycles. The van der Waals surface area contributed by atoms with Gasteiger partial charge in [0.25, 0.3) is 5.91 Å². The number of amides is 1. The highest BCUT2D eigenvalue weighted by Crippen LogP contribution is 2.30. The fraction of sp³-hybridized carbons (Fsp3) is 0.409. The van der Waals surface area contributed by atoms with E-state index in [1.54, 1.807) is 6.07 Å². The predicted octanol–water partition coefficient (Wildman–Crippen LogP) is -0.280. The van der Waals surface area contributed by atoms with Gasteiger partial charge < -0.3 is 41.0 Å². The molecule has 1 amide bonds. The molecule has 0 bridgehead atoms. The minimum Gasteiger partial charge on any atom is -0.508 e. The number of phenols is 1. The summed E-state index contributed by atoms with van der Waals surface area (Å²) in [5.41, 5.74) is 7.16. The van der Waals surface area contributed by atoms with Crippen molar-refractivity contribution in [2.75, 3.05) is 26.3 Å². The molecule has 168 valence electrons. The van der Waals surface area contributed by atoms with Gasteiger partial charge in [-0.1, -0.05) is 12.1 Å². The van der Waals surface area contributed by atoms with Gasteiger partial charge in [-0.2, -0.15) is 0 Å². The van der Waals surface area contributed by atoms with Crippen LogP contribution in [-0.2, 0) is 12.8 Å². The Morgan fingerprint density at radius 2 is 1.90 bits per heavy atom. The number of rotatable bonds is 10. The zero-order valence-corrected chi connectivity index (χ0v) is 17.0. The summed E-state index contributed by atoms with van der Waals surface area (Å²) < 4.78 is 11.3. The number of carbonyl (C=O) groups excluding carboxylic acids is 1. The van der Waals surface area contributed by atoms with E-state index >= 15 is 0 Å². The van der Waals surface area contributed by atoms with Crippen LogP contribution in [0.2, 0.25) is 0 Å². The summed E-state index contributed by atoms with van der Waals surface area (Å²) in [5, 5.41) is 42.4. The molecule has 9 nitrogen and oxygen atoms in total. The third-order valence-corrected chi connectivity index (χ3v) is 5.09. The number of nitrogens with one attached hydrogen (secondary N) is 1. The molecule has 0 spiro atoms. The van der Waals surface area contributed by atoms with Crippen molar-refractivity contribution < 1.29 is 34.7 Å². The van der Waals surface area contributed by atoms with E-state index in [9.17, 15) is 25.2 Å². The number of ether oxygens (including phenoxy) is 2. The Bertz CT molecular complexity index is 905. The minimum absolute atomic E-state index is 0.0622. The number of benzene rings is 2. The predicted molar refractivity (Wildman–Crippen MR) is 112 cm³/mol. The third kappa shape index (κ3) is 6.08. The van der Waals surface area contributed by atoms with Gasteiger partial charge in [-0.3, -0.25) is 4.79 Å². The van der Waals surface area contributed by atoms with E-state index < -0.39 is 24.2 Å². The van der Waals surface area contributed by atoms with Crippen LogP contribution in [0.3, 0.4) is 0 Å². The third-order valence-electron chi connectivity index (χ3n) is 5.09. The standard InChI is InChI=1S/C22H28N2O7/c23-22(29)17-9-14(25)4-5-21(17)30-7-6-24-11-15(26)12-31-20-3-1-2-13-8-18(27)19(28)10-16(13)20/h1-5,9,15,18-19,24-28H,6-8,10-12H2,(H2,23,29)/t15?,18-,19+/m1/s1. The number of carbonyl (C=O) groups is 1. The van der Waals surface area contributed by atoms with Crippen LogP contribution in [0, 0.1) is 0 Å². The zero-order valence-electron chi connectivity index (χ0n) is 17.0. The molecule has 3 rings (SSSR count). The van der Waals surface area contributed by atoms with Gasteiger partial charge >= 0.3 is 0 Å². The van der Waals surface area contributed by atoms with Crippen LogP contribution in [0.25, 0.3) is 0 Å². The SMILES string of the molecule is NC(=O)c1cc(O)ccc1OCCNCC(O)COc1cccc2c1C[C@H](O)[C@H](O)C2. The van der Waals surface area contributed by atoms with Crippen LogP contribution in [0.1, 0.15) is 21.5 Å². The summed E-state index contributed by atoms with van der Waals surface area (Å²) in [6.07, 6.45) is -1.70. The maximum atomic E-state index is 11.4. The van der Waals surface area contributed by atoms with Gasteiger partial charge in [0.2, 0.25) is 0 Å². The molecule has 0 saturated heterocycles. The molecule has 9 heteroatoms. The summed E-state index contributed by atoms with van der Waals surface area (Å²) in [7, 11) is 0. The molecule has 0 saturated carbocycles. The number of phenolic OH excluding ortho intramolecular Hbond substituents is 1. The minimum atomic E-state index is -0.826. The first kappa shape index (κ1) is 22.8. The average Bonchev–Trinajstić information content (AvgIpc) is 2.73. The average molecular weight is 432 g/mol. The van der Waals surface area contributed by atoms with Crippen LogP contribution >= 0.6 is 0 Å². The fourth-order valence-electron chi connectivity index (χ4n) is 3.46. The highest BCUT2D eigenvalue weighted by atomic mass is 16.5. The van der Waals surface area contributed by atoms with E-state index in [1.165, 1.54) is 18.2 Å². The van der Waals surface area contributed by atoms with Gasteiger partial charge in [-0.05, 0) is 29.8 Å². The molecule has 1 unspecified atom stereocenters. The van der Waals surface area contributed by atoms with Crippen LogP contribution in [-0.4, -0.2) is 70.9 Å². The van der Waals surface area contributed by atoms with Crippen LogP contribution < -0.4 is 20.5 Å². The van der Waals surface area contributed by atoms with Crippen molar-refractivity contribution in [1.29, 1.82) is 0 Å². The highest BCUT2D eigenvalue weighted by Gasteiger charge is 2.27. The molecule has 0 aromatic heterocycles. The van der Waals surface area contributed by atoms with Crippen molar-refractivity contribution in [3.63, 3.8) is 0 Å². The zero-order chi connectivity index (χ0) is 22.4. The van der Waals surface area contributed by atoms with Crippen molar-refractivity contribution >= 4 is 5.91 Å². The number of fused-ring (bicyclic) bond motifs is 1. The first-order valence-electron chi connectivity index (χ1n) is 10.1. The maximum absolute atomic E-state index is 11.4. The second-order valence-corrected chi connectivity index (χ2v) is 7.50. The summed E-state index contributed by atoms with van der Waals surface area (Å²) in [6.45, 7) is 0.955. The number of primary amides is 1. The smallest absolute Gasteiger partial charge is 0.252 e. The monoisotopic (exact) mass is 432 g/mol. The largest absolute Gasteiger partial charge is 0.508 e. The number of aliphatic hydroxyl groups excluding tert-OH is 3. The molecule has 31 heavy (non-hydrogen) atoms. The summed E-state index contributed by atoms with van der Waals surface area (Å²) >= 11 is 0. The van der Waals surface area contributed by atoms with E-state index in [2.05, 4.69) is 5.32 Å². The number of aliphatic hydroxyl groups is 3. The van der Waals surface area contributed by atoms with Crippen molar-refractivity contribution in [3.05, 3.63) is 53.1 Å². The molecule has 7 N–H and O–H groups in total. The molecule has 2 aromatic carbocycles. The van der Waals surface area contributed by atoms with Crippen LogP contribution in [0.5, 0.6) is 17.2 Å².